The molecule has 0 fully saturated rings. The highest BCUT2D eigenvalue weighted by atomic mass is 79.9. The predicted octanol–water partition coefficient (Wildman–Crippen LogP) is 4.00. The Morgan fingerprint density at radius 1 is 1.24 bits per heavy atom. The molecule has 0 spiro atoms. The molecule has 6 heteroatoms. The van der Waals surface area contributed by atoms with Crippen LogP contribution in [0.15, 0.2) is 50.8 Å². The number of hydrogen-bond donors (Lipinski definition) is 1. The Kier molecular flexibility index (Phi) is 3.90. The highest BCUT2D eigenvalue weighted by Crippen LogP contribution is 2.33. The second kappa shape index (κ2) is 5.83. The molecule has 0 saturated heterocycles. The maximum Gasteiger partial charge on any atom is 0.305 e. The van der Waals surface area contributed by atoms with Crippen LogP contribution in [0.3, 0.4) is 0 Å². The summed E-state index contributed by atoms with van der Waals surface area (Å²) < 4.78 is 1.88. The maximum absolute atomic E-state index is 11.6. The third-order valence-corrected chi connectivity index (χ3v) is 4.63. The molecule has 0 saturated carbocycles. The number of aromatic nitrogens is 1. The fraction of sp³-hybridized carbons (Fsp3) is 0.0667. The molecule has 4 nitrogen and oxygen atoms in total. The van der Waals surface area contributed by atoms with Crippen molar-refractivity contribution in [3.8, 4) is 11.1 Å². The zero-order chi connectivity index (χ0) is 14.8. The molecular weight excluding hydrogens is 352 g/mol. The molecule has 0 aliphatic rings. The fourth-order valence-electron chi connectivity index (χ4n) is 2.19. The molecule has 2 aromatic carbocycles. The molecule has 0 unspecified atom stereocenters. The van der Waals surface area contributed by atoms with Crippen LogP contribution < -0.4 is 4.87 Å². The van der Waals surface area contributed by atoms with Gasteiger partial charge in [-0.2, -0.15) is 0 Å². The number of nitrogens with one attached hydrogen (secondary N) is 1. The quantitative estimate of drug-likeness (QED) is 0.565. The lowest BCUT2D eigenvalue weighted by Gasteiger charge is -2.09. The van der Waals surface area contributed by atoms with E-state index in [9.17, 15) is 4.79 Å². The molecular formula is C15H11BrN2O2S. The lowest BCUT2D eigenvalue weighted by molar-refractivity contribution is 0.215. The number of benzene rings is 2. The number of thiazole rings is 1. The van der Waals surface area contributed by atoms with Gasteiger partial charge < -0.3 is 9.82 Å². The van der Waals surface area contributed by atoms with E-state index in [0.717, 1.165) is 31.4 Å². The van der Waals surface area contributed by atoms with Crippen molar-refractivity contribution in [2.24, 2.45) is 5.16 Å². The normalized spacial score (nSPS) is 11.3. The van der Waals surface area contributed by atoms with Crippen molar-refractivity contribution < 1.29 is 4.84 Å². The van der Waals surface area contributed by atoms with Crippen molar-refractivity contribution in [2.75, 3.05) is 7.11 Å². The first-order valence-electron chi connectivity index (χ1n) is 6.18. The van der Waals surface area contributed by atoms with E-state index in [1.807, 2.05) is 36.4 Å². The summed E-state index contributed by atoms with van der Waals surface area (Å²) in [7, 11) is 1.49. The van der Waals surface area contributed by atoms with Gasteiger partial charge in [-0.1, -0.05) is 56.7 Å². The number of rotatable bonds is 3. The SMILES string of the molecule is CON=Cc1c(-c2ccccc2Br)ccc2sc(=O)[nH]c12. The van der Waals surface area contributed by atoms with Gasteiger partial charge in [-0.3, -0.25) is 4.79 Å². The van der Waals surface area contributed by atoms with Gasteiger partial charge in [-0.25, -0.2) is 0 Å². The minimum Gasteiger partial charge on any atom is -0.399 e. The van der Waals surface area contributed by atoms with E-state index in [0.29, 0.717) is 0 Å². The van der Waals surface area contributed by atoms with Gasteiger partial charge in [0.2, 0.25) is 0 Å². The van der Waals surface area contributed by atoms with Crippen LogP contribution in [-0.2, 0) is 4.84 Å². The predicted molar refractivity (Wildman–Crippen MR) is 90.2 cm³/mol. The van der Waals surface area contributed by atoms with Crippen molar-refractivity contribution in [2.45, 2.75) is 0 Å². The molecule has 106 valence electrons. The average Bonchev–Trinajstić information content (AvgIpc) is 2.86. The molecule has 0 amide bonds. The highest BCUT2D eigenvalue weighted by Gasteiger charge is 2.12. The van der Waals surface area contributed by atoms with E-state index in [1.54, 1.807) is 6.21 Å². The number of halogens is 1. The molecule has 3 aromatic rings. The molecule has 21 heavy (non-hydrogen) atoms. The molecule has 0 radical (unpaired) electrons. The molecule has 0 aliphatic carbocycles. The molecule has 1 aromatic heterocycles. The summed E-state index contributed by atoms with van der Waals surface area (Å²) in [6.45, 7) is 0. The van der Waals surface area contributed by atoms with Gasteiger partial charge >= 0.3 is 4.87 Å². The van der Waals surface area contributed by atoms with Gasteiger partial charge in [0.25, 0.3) is 0 Å². The Hall–Kier alpha value is -1.92. The summed E-state index contributed by atoms with van der Waals surface area (Å²) in [5.74, 6) is 0. The monoisotopic (exact) mass is 362 g/mol. The number of fused-ring (bicyclic) bond motifs is 1. The third kappa shape index (κ3) is 2.64. The van der Waals surface area contributed by atoms with Gasteiger partial charge in [0.05, 0.1) is 16.4 Å². The Morgan fingerprint density at radius 2 is 2.05 bits per heavy atom. The second-order valence-corrected chi connectivity index (χ2v) is 6.18. The average molecular weight is 363 g/mol. The molecule has 0 atom stereocenters. The van der Waals surface area contributed by atoms with Crippen LogP contribution in [-0.4, -0.2) is 18.3 Å². The maximum atomic E-state index is 11.6. The van der Waals surface area contributed by atoms with E-state index in [2.05, 4.69) is 26.1 Å². The first-order valence-corrected chi connectivity index (χ1v) is 7.79. The molecule has 0 aliphatic heterocycles. The van der Waals surface area contributed by atoms with Gasteiger partial charge in [-0.05, 0) is 23.3 Å². The first-order chi connectivity index (χ1) is 10.2. The molecule has 3 rings (SSSR count). The van der Waals surface area contributed by atoms with Crippen LogP contribution in [0.5, 0.6) is 0 Å². The van der Waals surface area contributed by atoms with Gasteiger partial charge in [0, 0.05) is 10.0 Å². The number of nitrogens with zero attached hydrogens (tertiary/aromatic N) is 1. The fourth-order valence-corrected chi connectivity index (χ4v) is 3.45. The zero-order valence-corrected chi connectivity index (χ0v) is 13.5. The first kappa shape index (κ1) is 14.0. The second-order valence-electron chi connectivity index (χ2n) is 4.31. The van der Waals surface area contributed by atoms with E-state index >= 15 is 0 Å². The van der Waals surface area contributed by atoms with Crippen LogP contribution >= 0.6 is 27.3 Å². The van der Waals surface area contributed by atoms with E-state index in [1.165, 1.54) is 18.4 Å². The third-order valence-electron chi connectivity index (χ3n) is 3.09. The number of H-pyrrole nitrogens is 1. The van der Waals surface area contributed by atoms with E-state index < -0.39 is 0 Å². The summed E-state index contributed by atoms with van der Waals surface area (Å²) in [4.78, 5) is 19.2. The summed E-state index contributed by atoms with van der Waals surface area (Å²) in [6, 6.07) is 11.9. The Morgan fingerprint density at radius 3 is 2.81 bits per heavy atom. The summed E-state index contributed by atoms with van der Waals surface area (Å²) in [5.41, 5.74) is 3.62. The Bertz CT molecular complexity index is 883. The van der Waals surface area contributed by atoms with E-state index in [4.69, 9.17) is 4.84 Å². The number of oxime groups is 1. The van der Waals surface area contributed by atoms with Crippen molar-refractivity contribution in [1.29, 1.82) is 0 Å². The standard InChI is InChI=1S/C15H11BrN2O2S/c1-20-17-8-11-9(10-4-2-3-5-12(10)16)6-7-13-14(11)18-15(19)21-13/h2-8H,1H3,(H,18,19). The number of hydrogen-bond acceptors (Lipinski definition) is 4. The zero-order valence-electron chi connectivity index (χ0n) is 11.1. The van der Waals surface area contributed by atoms with Gasteiger partial charge in [0.15, 0.2) is 0 Å². The molecule has 1 heterocycles. The van der Waals surface area contributed by atoms with Crippen molar-refractivity contribution >= 4 is 43.7 Å². The van der Waals surface area contributed by atoms with Gasteiger partial charge in [0.1, 0.15) is 7.11 Å². The minimum absolute atomic E-state index is 0.0821. The summed E-state index contributed by atoms with van der Waals surface area (Å²) in [6.07, 6.45) is 1.62. The van der Waals surface area contributed by atoms with Crippen molar-refractivity contribution in [1.82, 2.24) is 4.98 Å². The lowest BCUT2D eigenvalue weighted by atomic mass is 9.99. The number of aromatic amines is 1. The summed E-state index contributed by atoms with van der Waals surface area (Å²) in [5, 5.41) is 3.86. The van der Waals surface area contributed by atoms with Crippen LogP contribution in [0.4, 0.5) is 0 Å². The topological polar surface area (TPSA) is 54.4 Å². The molecule has 1 N–H and O–H groups in total. The largest absolute Gasteiger partial charge is 0.399 e. The Labute approximate surface area is 133 Å². The highest BCUT2D eigenvalue weighted by molar-refractivity contribution is 9.10. The van der Waals surface area contributed by atoms with Crippen LogP contribution in [0.25, 0.3) is 21.3 Å². The van der Waals surface area contributed by atoms with Gasteiger partial charge in [-0.15, -0.1) is 0 Å². The lowest BCUT2D eigenvalue weighted by Crippen LogP contribution is -1.95. The summed E-state index contributed by atoms with van der Waals surface area (Å²) >= 11 is 4.74. The van der Waals surface area contributed by atoms with Crippen LogP contribution in [0, 0.1) is 0 Å². The van der Waals surface area contributed by atoms with Crippen molar-refractivity contribution in [3.05, 3.63) is 56.1 Å². The minimum atomic E-state index is -0.0821. The van der Waals surface area contributed by atoms with E-state index in [-0.39, 0.29) is 4.87 Å². The van der Waals surface area contributed by atoms with Crippen molar-refractivity contribution in [3.63, 3.8) is 0 Å². The van der Waals surface area contributed by atoms with Crippen LogP contribution in [0.1, 0.15) is 5.56 Å². The Balaban J connectivity index is 2.34. The smallest absolute Gasteiger partial charge is 0.305 e. The molecule has 0 bridgehead atoms. The van der Waals surface area contributed by atoms with Crippen LogP contribution in [0.2, 0.25) is 0 Å².